The van der Waals surface area contributed by atoms with E-state index in [0.717, 1.165) is 35.6 Å². The van der Waals surface area contributed by atoms with Crippen molar-refractivity contribution in [1.29, 1.82) is 0 Å². The van der Waals surface area contributed by atoms with Gasteiger partial charge < -0.3 is 10.1 Å². The molecule has 1 atom stereocenters. The first-order valence-electron chi connectivity index (χ1n) is 5.97. The molecule has 1 unspecified atom stereocenters. The molecule has 5 heteroatoms. The first-order chi connectivity index (χ1) is 8.43. The van der Waals surface area contributed by atoms with Gasteiger partial charge in [-0.25, -0.2) is 9.97 Å². The van der Waals surface area contributed by atoms with E-state index < -0.39 is 0 Å². The maximum atomic E-state index is 5.59. The average Bonchev–Trinajstić information content (AvgIpc) is 2.99. The van der Waals surface area contributed by atoms with Crippen LogP contribution >= 0.6 is 11.3 Å². The number of hydrogen-bond donors (Lipinski definition) is 1. The van der Waals surface area contributed by atoms with E-state index in [-0.39, 0.29) is 0 Å². The van der Waals surface area contributed by atoms with Crippen LogP contribution in [0.15, 0.2) is 17.8 Å². The van der Waals surface area contributed by atoms with E-state index in [1.54, 1.807) is 17.7 Å². The van der Waals surface area contributed by atoms with Crippen LogP contribution in [0.1, 0.15) is 19.3 Å². The molecular weight excluding hydrogens is 234 g/mol. The Morgan fingerprint density at radius 3 is 3.35 bits per heavy atom. The lowest BCUT2D eigenvalue weighted by atomic mass is 10.2. The summed E-state index contributed by atoms with van der Waals surface area (Å²) >= 11 is 1.64. The molecular formula is C12H15N3OS. The Balaban J connectivity index is 1.62. The second-order valence-corrected chi connectivity index (χ2v) is 5.11. The highest BCUT2D eigenvalue weighted by atomic mass is 32.1. The molecule has 0 amide bonds. The fraction of sp³-hybridized carbons (Fsp3) is 0.500. The molecule has 0 saturated carbocycles. The quantitative estimate of drug-likeness (QED) is 0.905. The second-order valence-electron chi connectivity index (χ2n) is 4.21. The van der Waals surface area contributed by atoms with Crippen molar-refractivity contribution in [3.05, 3.63) is 17.8 Å². The van der Waals surface area contributed by atoms with Crippen molar-refractivity contribution in [2.45, 2.75) is 25.4 Å². The molecule has 0 radical (unpaired) electrons. The summed E-state index contributed by atoms with van der Waals surface area (Å²) in [5.74, 6) is 0.939. The number of nitrogens with one attached hydrogen (secondary N) is 1. The maximum Gasteiger partial charge on any atom is 0.138 e. The molecule has 1 saturated heterocycles. The molecule has 17 heavy (non-hydrogen) atoms. The van der Waals surface area contributed by atoms with Crippen molar-refractivity contribution >= 4 is 27.4 Å². The minimum absolute atomic E-state index is 0.433. The van der Waals surface area contributed by atoms with Gasteiger partial charge in [0.15, 0.2) is 0 Å². The van der Waals surface area contributed by atoms with E-state index in [0.29, 0.717) is 6.10 Å². The number of thiophene rings is 1. The van der Waals surface area contributed by atoms with E-state index in [4.69, 9.17) is 4.74 Å². The maximum absolute atomic E-state index is 5.59. The monoisotopic (exact) mass is 249 g/mol. The lowest BCUT2D eigenvalue weighted by Gasteiger charge is -2.10. The van der Waals surface area contributed by atoms with Gasteiger partial charge in [-0.3, -0.25) is 0 Å². The normalized spacial score (nSPS) is 19.9. The minimum Gasteiger partial charge on any atom is -0.378 e. The van der Waals surface area contributed by atoms with Crippen LogP contribution in [0.25, 0.3) is 10.2 Å². The number of ether oxygens (including phenoxy) is 1. The van der Waals surface area contributed by atoms with E-state index in [2.05, 4.69) is 21.4 Å². The van der Waals surface area contributed by atoms with Gasteiger partial charge in [0.25, 0.3) is 0 Å². The molecule has 1 aliphatic rings. The van der Waals surface area contributed by atoms with Gasteiger partial charge in [-0.2, -0.15) is 0 Å². The van der Waals surface area contributed by atoms with Gasteiger partial charge in [0.1, 0.15) is 17.0 Å². The van der Waals surface area contributed by atoms with Crippen molar-refractivity contribution in [3.8, 4) is 0 Å². The summed E-state index contributed by atoms with van der Waals surface area (Å²) in [5.41, 5.74) is 0. The van der Waals surface area contributed by atoms with E-state index in [1.165, 1.54) is 12.8 Å². The summed E-state index contributed by atoms with van der Waals surface area (Å²) < 4.78 is 5.59. The standard InChI is InChI=1S/C12H15N3OS/c1-2-9(16-6-1)3-5-13-11-10-4-7-17-12(10)15-8-14-11/h4,7-9H,1-3,5-6H2,(H,13,14,15). The second kappa shape index (κ2) is 4.98. The largest absolute Gasteiger partial charge is 0.378 e. The number of hydrogen-bond acceptors (Lipinski definition) is 5. The SMILES string of the molecule is c1nc(NCCC2CCCO2)c2ccsc2n1. The zero-order valence-electron chi connectivity index (χ0n) is 9.56. The van der Waals surface area contributed by atoms with Crippen LogP contribution in [0.3, 0.4) is 0 Å². The van der Waals surface area contributed by atoms with Gasteiger partial charge in [0.2, 0.25) is 0 Å². The highest BCUT2D eigenvalue weighted by Gasteiger charge is 2.14. The summed E-state index contributed by atoms with van der Waals surface area (Å²) in [6.07, 6.45) is 5.50. The van der Waals surface area contributed by atoms with Crippen molar-refractivity contribution in [3.63, 3.8) is 0 Å². The van der Waals surface area contributed by atoms with Gasteiger partial charge >= 0.3 is 0 Å². The predicted molar refractivity (Wildman–Crippen MR) is 69.5 cm³/mol. The third kappa shape index (κ3) is 2.40. The Hall–Kier alpha value is -1.20. The van der Waals surface area contributed by atoms with Gasteiger partial charge in [0, 0.05) is 13.2 Å². The molecule has 1 aliphatic heterocycles. The fourth-order valence-electron chi connectivity index (χ4n) is 2.15. The van der Waals surface area contributed by atoms with E-state index >= 15 is 0 Å². The third-order valence-electron chi connectivity index (χ3n) is 3.04. The summed E-state index contributed by atoms with van der Waals surface area (Å²) in [6, 6.07) is 2.06. The van der Waals surface area contributed by atoms with E-state index in [9.17, 15) is 0 Å². The lowest BCUT2D eigenvalue weighted by Crippen LogP contribution is -2.13. The predicted octanol–water partition coefficient (Wildman–Crippen LogP) is 2.67. The smallest absolute Gasteiger partial charge is 0.138 e. The van der Waals surface area contributed by atoms with Crippen molar-refractivity contribution in [2.24, 2.45) is 0 Å². The number of fused-ring (bicyclic) bond motifs is 1. The zero-order valence-corrected chi connectivity index (χ0v) is 10.4. The molecule has 4 nitrogen and oxygen atoms in total. The fourth-order valence-corrected chi connectivity index (χ4v) is 2.89. The highest BCUT2D eigenvalue weighted by molar-refractivity contribution is 7.16. The third-order valence-corrected chi connectivity index (χ3v) is 3.87. The molecule has 90 valence electrons. The van der Waals surface area contributed by atoms with Gasteiger partial charge in [-0.1, -0.05) is 0 Å². The molecule has 3 rings (SSSR count). The van der Waals surface area contributed by atoms with E-state index in [1.807, 2.05) is 5.38 Å². The van der Waals surface area contributed by atoms with Crippen LogP contribution in [0.2, 0.25) is 0 Å². The minimum atomic E-state index is 0.433. The molecule has 2 aromatic rings. The van der Waals surface area contributed by atoms with Crippen molar-refractivity contribution in [2.75, 3.05) is 18.5 Å². The molecule has 1 fully saturated rings. The molecule has 0 spiro atoms. The number of anilines is 1. The van der Waals surface area contributed by atoms with Crippen LogP contribution in [-0.4, -0.2) is 29.2 Å². The van der Waals surface area contributed by atoms with Gasteiger partial charge in [-0.05, 0) is 30.7 Å². The van der Waals surface area contributed by atoms with Crippen molar-refractivity contribution < 1.29 is 4.74 Å². The van der Waals surface area contributed by atoms with Crippen LogP contribution in [0, 0.1) is 0 Å². The first-order valence-corrected chi connectivity index (χ1v) is 6.85. The molecule has 1 N–H and O–H groups in total. The van der Waals surface area contributed by atoms with Gasteiger partial charge in [0.05, 0.1) is 11.5 Å². The summed E-state index contributed by atoms with van der Waals surface area (Å²) in [5, 5.41) is 6.54. The number of nitrogens with zero attached hydrogens (tertiary/aromatic N) is 2. The molecule has 0 aliphatic carbocycles. The summed E-state index contributed by atoms with van der Waals surface area (Å²) in [7, 11) is 0. The molecule has 2 aromatic heterocycles. The zero-order chi connectivity index (χ0) is 11.5. The average molecular weight is 249 g/mol. The Labute approximate surface area is 104 Å². The molecule has 3 heterocycles. The number of rotatable bonds is 4. The highest BCUT2D eigenvalue weighted by Crippen LogP contribution is 2.24. The van der Waals surface area contributed by atoms with Crippen LogP contribution in [0.4, 0.5) is 5.82 Å². The topological polar surface area (TPSA) is 47.0 Å². The first kappa shape index (κ1) is 10.9. The van der Waals surface area contributed by atoms with Crippen molar-refractivity contribution in [1.82, 2.24) is 9.97 Å². The Kier molecular flexibility index (Phi) is 3.20. The van der Waals surface area contributed by atoms with Crippen LogP contribution in [0.5, 0.6) is 0 Å². The molecule has 0 aromatic carbocycles. The van der Waals surface area contributed by atoms with Crippen LogP contribution < -0.4 is 5.32 Å². The lowest BCUT2D eigenvalue weighted by molar-refractivity contribution is 0.107. The number of aromatic nitrogens is 2. The summed E-state index contributed by atoms with van der Waals surface area (Å²) in [6.45, 7) is 1.83. The summed E-state index contributed by atoms with van der Waals surface area (Å²) in [4.78, 5) is 9.56. The molecule has 0 bridgehead atoms. The van der Waals surface area contributed by atoms with Crippen LogP contribution in [-0.2, 0) is 4.74 Å². The Morgan fingerprint density at radius 1 is 1.47 bits per heavy atom. The Morgan fingerprint density at radius 2 is 2.47 bits per heavy atom. The Bertz CT molecular complexity index is 493. The van der Waals surface area contributed by atoms with Gasteiger partial charge in [-0.15, -0.1) is 11.3 Å².